The number of hydrogen-bond acceptors (Lipinski definition) is 6. The number of alkyl halides is 3. The molecule has 0 aliphatic carbocycles. The summed E-state index contributed by atoms with van der Waals surface area (Å²) in [6.45, 7) is 3.07. The molecule has 11 heteroatoms. The molecule has 0 radical (unpaired) electrons. The van der Waals surface area contributed by atoms with Crippen LogP contribution < -0.4 is 10.5 Å². The molecule has 5 rings (SSSR count). The molecule has 1 N–H and O–H groups in total. The number of aryl methyl sites for hydroxylation is 1. The van der Waals surface area contributed by atoms with Crippen molar-refractivity contribution in [1.82, 2.24) is 24.8 Å². The van der Waals surface area contributed by atoms with E-state index in [-0.39, 0.29) is 34.4 Å². The Hall–Kier alpha value is -3.63. The van der Waals surface area contributed by atoms with Crippen LogP contribution in [0.2, 0.25) is 0 Å². The number of anilines is 1. The van der Waals surface area contributed by atoms with Crippen molar-refractivity contribution >= 4 is 11.7 Å². The molecule has 8 nitrogen and oxygen atoms in total. The number of hydrogen-bond donors (Lipinski definition) is 1. The summed E-state index contributed by atoms with van der Waals surface area (Å²) in [5.41, 5.74) is -1.64. The number of H-pyrrole nitrogens is 1. The van der Waals surface area contributed by atoms with Gasteiger partial charge in [0.2, 0.25) is 0 Å². The van der Waals surface area contributed by atoms with E-state index in [0.717, 1.165) is 36.9 Å². The maximum absolute atomic E-state index is 13.8. The first-order chi connectivity index (χ1) is 15.3. The standard InChI is InChI=1S/C21H19F3N6O2/c1-12-14(18-26-27-20(32-18)29-10-6-3-7-11-29)19(31)30-17(25-12)15(13-8-4-2-5-9-13)16(28-30)21(22,23)24/h2,4-5,8-9,28H,3,6-7,10-11H2,1H3. The number of piperidine rings is 1. The lowest BCUT2D eigenvalue weighted by Crippen LogP contribution is -2.29. The number of aromatic nitrogens is 5. The average molecular weight is 444 g/mol. The molecule has 1 aliphatic rings. The largest absolute Gasteiger partial charge is 0.433 e. The van der Waals surface area contributed by atoms with E-state index in [2.05, 4.69) is 20.3 Å². The Morgan fingerprint density at radius 3 is 2.44 bits per heavy atom. The molecule has 1 fully saturated rings. The maximum Gasteiger partial charge on any atom is 0.433 e. The van der Waals surface area contributed by atoms with Crippen LogP contribution in [-0.4, -0.2) is 37.9 Å². The van der Waals surface area contributed by atoms with E-state index in [4.69, 9.17) is 4.42 Å². The highest BCUT2D eigenvalue weighted by atomic mass is 19.4. The van der Waals surface area contributed by atoms with Gasteiger partial charge in [-0.25, -0.2) is 4.98 Å². The molecule has 0 atom stereocenters. The molecule has 0 amide bonds. The summed E-state index contributed by atoms with van der Waals surface area (Å²) in [5, 5.41) is 10.2. The Morgan fingerprint density at radius 2 is 1.75 bits per heavy atom. The SMILES string of the molecule is Cc1nc2c(-c3ccccc3)c(C(F)(F)F)[nH]n2c(=O)c1-c1nnc(N2CCCCC2)o1. The molecule has 0 saturated carbocycles. The van der Waals surface area contributed by atoms with Crippen LogP contribution in [0, 0.1) is 6.92 Å². The van der Waals surface area contributed by atoms with E-state index in [9.17, 15) is 18.0 Å². The van der Waals surface area contributed by atoms with Crippen LogP contribution >= 0.6 is 0 Å². The summed E-state index contributed by atoms with van der Waals surface area (Å²) >= 11 is 0. The third-order valence-electron chi connectivity index (χ3n) is 5.56. The molecular weight excluding hydrogens is 425 g/mol. The van der Waals surface area contributed by atoms with Gasteiger partial charge in [0.1, 0.15) is 11.3 Å². The molecule has 1 aliphatic heterocycles. The highest BCUT2D eigenvalue weighted by molar-refractivity contribution is 5.81. The quantitative estimate of drug-likeness (QED) is 0.512. The van der Waals surface area contributed by atoms with Gasteiger partial charge in [0.05, 0.1) is 11.3 Å². The van der Waals surface area contributed by atoms with Crippen molar-refractivity contribution in [2.24, 2.45) is 0 Å². The van der Waals surface area contributed by atoms with Crippen LogP contribution in [-0.2, 0) is 6.18 Å². The van der Waals surface area contributed by atoms with Gasteiger partial charge in [-0.3, -0.25) is 9.89 Å². The zero-order valence-corrected chi connectivity index (χ0v) is 17.1. The minimum Gasteiger partial charge on any atom is -0.403 e. The molecule has 0 unspecified atom stereocenters. The lowest BCUT2D eigenvalue weighted by atomic mass is 10.1. The minimum atomic E-state index is -4.72. The van der Waals surface area contributed by atoms with E-state index >= 15 is 0 Å². The molecular formula is C21H19F3N6O2. The first kappa shape index (κ1) is 20.3. The van der Waals surface area contributed by atoms with Crippen molar-refractivity contribution in [2.45, 2.75) is 32.4 Å². The van der Waals surface area contributed by atoms with Gasteiger partial charge < -0.3 is 9.32 Å². The topological polar surface area (TPSA) is 92.3 Å². The van der Waals surface area contributed by atoms with Crippen LogP contribution in [0.1, 0.15) is 30.7 Å². The molecule has 4 heterocycles. The fourth-order valence-electron chi connectivity index (χ4n) is 4.04. The van der Waals surface area contributed by atoms with E-state index in [1.54, 1.807) is 18.2 Å². The van der Waals surface area contributed by atoms with Crippen LogP contribution in [0.3, 0.4) is 0 Å². The fourth-order valence-corrected chi connectivity index (χ4v) is 4.04. The van der Waals surface area contributed by atoms with Gasteiger partial charge in [-0.15, -0.1) is 5.10 Å². The third-order valence-corrected chi connectivity index (χ3v) is 5.56. The van der Waals surface area contributed by atoms with Gasteiger partial charge in [0, 0.05) is 13.1 Å². The first-order valence-electron chi connectivity index (χ1n) is 10.2. The van der Waals surface area contributed by atoms with Gasteiger partial charge in [0.15, 0.2) is 5.65 Å². The van der Waals surface area contributed by atoms with Gasteiger partial charge in [-0.05, 0) is 31.7 Å². The highest BCUT2D eigenvalue weighted by Crippen LogP contribution is 2.38. The lowest BCUT2D eigenvalue weighted by molar-refractivity contribution is -0.140. The second-order valence-corrected chi connectivity index (χ2v) is 7.70. The maximum atomic E-state index is 13.8. The van der Waals surface area contributed by atoms with Crippen molar-refractivity contribution in [2.75, 3.05) is 18.0 Å². The van der Waals surface area contributed by atoms with Gasteiger partial charge in [0.25, 0.3) is 11.4 Å². The second kappa shape index (κ2) is 7.50. The average Bonchev–Trinajstić information content (AvgIpc) is 3.40. The van der Waals surface area contributed by atoms with Gasteiger partial charge in [-0.1, -0.05) is 35.4 Å². The Bertz CT molecular complexity index is 1330. The van der Waals surface area contributed by atoms with Crippen LogP contribution in [0.25, 0.3) is 28.2 Å². The molecule has 1 aromatic carbocycles. The smallest absolute Gasteiger partial charge is 0.403 e. The van der Waals surface area contributed by atoms with Crippen molar-refractivity contribution in [3.63, 3.8) is 0 Å². The zero-order valence-electron chi connectivity index (χ0n) is 17.1. The molecule has 0 spiro atoms. The lowest BCUT2D eigenvalue weighted by Gasteiger charge is -2.24. The van der Waals surface area contributed by atoms with Gasteiger partial charge in [-0.2, -0.15) is 17.7 Å². The predicted octanol–water partition coefficient (Wildman–Crippen LogP) is 4.06. The van der Waals surface area contributed by atoms with Crippen LogP contribution in [0.4, 0.5) is 19.2 Å². The van der Waals surface area contributed by atoms with E-state index in [0.29, 0.717) is 5.56 Å². The van der Waals surface area contributed by atoms with Crippen LogP contribution in [0.15, 0.2) is 39.5 Å². The Labute approximate surface area is 179 Å². The normalized spacial score (nSPS) is 14.9. The van der Waals surface area contributed by atoms with Crippen molar-refractivity contribution in [3.05, 3.63) is 52.1 Å². The molecule has 1 saturated heterocycles. The van der Waals surface area contributed by atoms with Crippen molar-refractivity contribution in [3.8, 4) is 22.6 Å². The summed E-state index contributed by atoms with van der Waals surface area (Å²) in [5.74, 6) is -0.0700. The zero-order chi connectivity index (χ0) is 22.5. The summed E-state index contributed by atoms with van der Waals surface area (Å²) in [6, 6.07) is 8.31. The van der Waals surface area contributed by atoms with E-state index in [1.165, 1.54) is 19.1 Å². The molecule has 3 aromatic heterocycles. The number of nitrogens with one attached hydrogen (secondary N) is 1. The molecule has 166 valence electrons. The fraction of sp³-hybridized carbons (Fsp3) is 0.333. The Kier molecular flexibility index (Phi) is 4.75. The van der Waals surface area contributed by atoms with E-state index < -0.39 is 17.4 Å². The van der Waals surface area contributed by atoms with Crippen molar-refractivity contribution < 1.29 is 17.6 Å². The molecule has 0 bridgehead atoms. The van der Waals surface area contributed by atoms with Crippen LogP contribution in [0.5, 0.6) is 0 Å². The number of halogens is 3. The number of rotatable bonds is 3. The summed E-state index contributed by atoms with van der Waals surface area (Å²) in [7, 11) is 0. The first-order valence-corrected chi connectivity index (χ1v) is 10.2. The third kappa shape index (κ3) is 3.33. The number of nitrogens with zero attached hydrogens (tertiary/aromatic N) is 5. The van der Waals surface area contributed by atoms with E-state index in [1.807, 2.05) is 4.90 Å². The predicted molar refractivity (Wildman–Crippen MR) is 110 cm³/mol. The summed E-state index contributed by atoms with van der Waals surface area (Å²) in [6.07, 6.45) is -1.60. The summed E-state index contributed by atoms with van der Waals surface area (Å²) < 4.78 is 48.0. The summed E-state index contributed by atoms with van der Waals surface area (Å²) in [4.78, 5) is 19.5. The monoisotopic (exact) mass is 444 g/mol. The highest BCUT2D eigenvalue weighted by Gasteiger charge is 2.38. The number of aromatic amines is 1. The Balaban J connectivity index is 1.69. The minimum absolute atomic E-state index is 0.0344. The Morgan fingerprint density at radius 1 is 1.03 bits per heavy atom. The van der Waals surface area contributed by atoms with Gasteiger partial charge >= 0.3 is 12.2 Å². The molecule has 32 heavy (non-hydrogen) atoms. The second-order valence-electron chi connectivity index (χ2n) is 7.70. The molecule has 4 aromatic rings. The number of fused-ring (bicyclic) bond motifs is 1. The van der Waals surface area contributed by atoms with Crippen molar-refractivity contribution in [1.29, 1.82) is 0 Å². The number of benzene rings is 1.